The molecule has 2 heterocycles. The molecule has 9 heteroatoms. The molecule has 0 bridgehead atoms. The van der Waals surface area contributed by atoms with Crippen LogP contribution in [0.25, 0.3) is 0 Å². The molecule has 1 saturated heterocycles. The molecule has 2 amide bonds. The van der Waals surface area contributed by atoms with E-state index < -0.39 is 0 Å². The van der Waals surface area contributed by atoms with Crippen LogP contribution in [0.4, 0.5) is 11.4 Å². The van der Waals surface area contributed by atoms with Gasteiger partial charge in [-0.05, 0) is 42.0 Å². The number of carbonyl (C=O) groups is 2. The van der Waals surface area contributed by atoms with Crippen molar-refractivity contribution >= 4 is 23.2 Å². The van der Waals surface area contributed by atoms with Gasteiger partial charge < -0.3 is 15.0 Å². The number of carbonyl (C=O) groups excluding carboxylic acids is 2. The van der Waals surface area contributed by atoms with Gasteiger partial charge in [-0.25, -0.2) is 0 Å². The van der Waals surface area contributed by atoms with Crippen molar-refractivity contribution < 1.29 is 14.3 Å². The topological polar surface area (TPSA) is 102 Å². The molecular formula is C20H20N6O3. The Morgan fingerprint density at radius 2 is 2.00 bits per heavy atom. The van der Waals surface area contributed by atoms with Crippen molar-refractivity contribution in [2.45, 2.75) is 26.0 Å². The highest BCUT2D eigenvalue weighted by atomic mass is 16.5. The van der Waals surface area contributed by atoms with E-state index in [9.17, 15) is 9.59 Å². The van der Waals surface area contributed by atoms with Crippen molar-refractivity contribution in [1.82, 2.24) is 20.2 Å². The lowest BCUT2D eigenvalue weighted by Gasteiger charge is -2.16. The van der Waals surface area contributed by atoms with E-state index in [1.165, 1.54) is 4.80 Å². The maximum Gasteiger partial charge on any atom is 0.248 e. The third-order valence-corrected chi connectivity index (χ3v) is 4.41. The summed E-state index contributed by atoms with van der Waals surface area (Å²) in [6, 6.07) is 16.5. The Labute approximate surface area is 167 Å². The minimum Gasteiger partial charge on any atom is -0.485 e. The average molecular weight is 392 g/mol. The number of benzene rings is 2. The normalized spacial score (nSPS) is 13.5. The van der Waals surface area contributed by atoms with E-state index >= 15 is 0 Å². The number of anilines is 2. The van der Waals surface area contributed by atoms with Crippen LogP contribution < -0.4 is 15.0 Å². The van der Waals surface area contributed by atoms with Crippen LogP contribution in [0.2, 0.25) is 0 Å². The van der Waals surface area contributed by atoms with Gasteiger partial charge in [0.15, 0.2) is 6.61 Å². The molecule has 0 spiro atoms. The molecule has 1 fully saturated rings. The van der Waals surface area contributed by atoms with Crippen LogP contribution in [0.15, 0.2) is 54.6 Å². The molecule has 0 radical (unpaired) electrons. The first kappa shape index (κ1) is 18.6. The molecule has 29 heavy (non-hydrogen) atoms. The van der Waals surface area contributed by atoms with Gasteiger partial charge in [-0.1, -0.05) is 24.3 Å². The maximum atomic E-state index is 12.3. The van der Waals surface area contributed by atoms with E-state index in [4.69, 9.17) is 4.74 Å². The zero-order valence-corrected chi connectivity index (χ0v) is 15.7. The van der Waals surface area contributed by atoms with Gasteiger partial charge in [-0.3, -0.25) is 9.59 Å². The molecule has 9 nitrogen and oxygen atoms in total. The predicted octanol–water partition coefficient (Wildman–Crippen LogP) is 2.02. The Balaban J connectivity index is 1.32. The smallest absolute Gasteiger partial charge is 0.248 e. The van der Waals surface area contributed by atoms with Gasteiger partial charge >= 0.3 is 0 Å². The van der Waals surface area contributed by atoms with Crippen LogP contribution in [-0.2, 0) is 22.7 Å². The molecule has 3 aromatic rings. The lowest BCUT2D eigenvalue weighted by atomic mass is 10.2. The lowest BCUT2D eigenvalue weighted by Crippen LogP contribution is -2.24. The number of para-hydroxylation sites is 1. The fourth-order valence-corrected chi connectivity index (χ4v) is 3.07. The third-order valence-electron chi connectivity index (χ3n) is 4.41. The number of hydrogen-bond donors (Lipinski definition) is 1. The highest BCUT2D eigenvalue weighted by Gasteiger charge is 2.21. The molecule has 0 atom stereocenters. The van der Waals surface area contributed by atoms with Crippen molar-refractivity contribution in [2.75, 3.05) is 16.8 Å². The van der Waals surface area contributed by atoms with E-state index in [1.807, 2.05) is 42.5 Å². The molecule has 4 rings (SSSR count). The van der Waals surface area contributed by atoms with E-state index in [0.29, 0.717) is 30.2 Å². The quantitative estimate of drug-likeness (QED) is 0.660. The third kappa shape index (κ3) is 4.75. The highest BCUT2D eigenvalue weighted by molar-refractivity contribution is 5.97. The molecule has 0 unspecified atom stereocenters. The fourth-order valence-electron chi connectivity index (χ4n) is 3.07. The van der Waals surface area contributed by atoms with E-state index in [-0.39, 0.29) is 25.0 Å². The standard InChI is InChI=1S/C20H20N6O3/c27-19(21-15-6-4-7-16(12-15)25-11-5-10-20(25)28)13-26-23-18(22-24-26)14-29-17-8-2-1-3-9-17/h1-4,6-9,12H,5,10-11,13-14H2,(H,21,27). The van der Waals surface area contributed by atoms with Crippen LogP contribution in [0.3, 0.4) is 0 Å². The average Bonchev–Trinajstić information content (AvgIpc) is 3.36. The van der Waals surface area contributed by atoms with Crippen molar-refractivity contribution in [3.63, 3.8) is 0 Å². The molecule has 2 aromatic carbocycles. The van der Waals surface area contributed by atoms with Gasteiger partial charge in [-0.15, -0.1) is 10.2 Å². The fraction of sp³-hybridized carbons (Fsp3) is 0.250. The Hall–Kier alpha value is -3.75. The van der Waals surface area contributed by atoms with Crippen molar-refractivity contribution in [3.05, 3.63) is 60.4 Å². The van der Waals surface area contributed by atoms with Gasteiger partial charge in [0.25, 0.3) is 0 Å². The first-order valence-electron chi connectivity index (χ1n) is 9.32. The summed E-state index contributed by atoms with van der Waals surface area (Å²) in [7, 11) is 0. The zero-order chi connectivity index (χ0) is 20.1. The van der Waals surface area contributed by atoms with E-state index in [2.05, 4.69) is 20.7 Å². The number of ether oxygens (including phenoxy) is 1. The Kier molecular flexibility index (Phi) is 5.46. The van der Waals surface area contributed by atoms with Crippen molar-refractivity contribution in [1.29, 1.82) is 0 Å². The molecular weight excluding hydrogens is 372 g/mol. The number of tetrazole rings is 1. The summed E-state index contributed by atoms with van der Waals surface area (Å²) in [5, 5.41) is 14.7. The number of aromatic nitrogens is 4. The van der Waals surface area contributed by atoms with Crippen LogP contribution in [-0.4, -0.2) is 38.6 Å². The molecule has 148 valence electrons. The summed E-state index contributed by atoms with van der Waals surface area (Å²) in [5.41, 5.74) is 1.39. The van der Waals surface area contributed by atoms with Gasteiger partial charge in [0.05, 0.1) is 0 Å². The monoisotopic (exact) mass is 392 g/mol. The Bertz CT molecular complexity index is 1000. The SMILES string of the molecule is O=C(Cn1nnc(COc2ccccc2)n1)Nc1cccc(N2CCCC2=O)c1. The van der Waals surface area contributed by atoms with E-state index in [1.54, 1.807) is 17.0 Å². The summed E-state index contributed by atoms with van der Waals surface area (Å²) in [6.45, 7) is 0.787. The first-order valence-corrected chi connectivity index (χ1v) is 9.32. The second-order valence-corrected chi connectivity index (χ2v) is 6.59. The summed E-state index contributed by atoms with van der Waals surface area (Å²) in [5.74, 6) is 0.905. The predicted molar refractivity (Wildman–Crippen MR) is 105 cm³/mol. The molecule has 1 aliphatic heterocycles. The minimum atomic E-state index is -0.289. The molecule has 0 saturated carbocycles. The largest absolute Gasteiger partial charge is 0.485 e. The molecule has 1 aromatic heterocycles. The summed E-state index contributed by atoms with van der Waals surface area (Å²) in [6.07, 6.45) is 1.41. The van der Waals surface area contributed by atoms with Gasteiger partial charge in [0.1, 0.15) is 12.3 Å². The van der Waals surface area contributed by atoms with Crippen molar-refractivity contribution in [2.24, 2.45) is 0 Å². The number of amides is 2. The van der Waals surface area contributed by atoms with Crippen molar-refractivity contribution in [3.8, 4) is 5.75 Å². The molecule has 1 N–H and O–H groups in total. The van der Waals surface area contributed by atoms with Crippen LogP contribution in [0.1, 0.15) is 18.7 Å². The highest BCUT2D eigenvalue weighted by Crippen LogP contribution is 2.24. The molecule has 1 aliphatic rings. The Morgan fingerprint density at radius 3 is 2.79 bits per heavy atom. The van der Waals surface area contributed by atoms with Crippen LogP contribution in [0, 0.1) is 0 Å². The Morgan fingerprint density at radius 1 is 1.14 bits per heavy atom. The van der Waals surface area contributed by atoms with Gasteiger partial charge in [0.2, 0.25) is 17.6 Å². The minimum absolute atomic E-state index is 0.0782. The summed E-state index contributed by atoms with van der Waals surface area (Å²) < 4.78 is 5.57. The second kappa shape index (κ2) is 8.51. The lowest BCUT2D eigenvalue weighted by molar-refractivity contribution is -0.117. The van der Waals surface area contributed by atoms with Gasteiger partial charge in [0, 0.05) is 24.3 Å². The van der Waals surface area contributed by atoms with Crippen LogP contribution in [0.5, 0.6) is 5.75 Å². The van der Waals surface area contributed by atoms with Gasteiger partial charge in [-0.2, -0.15) is 4.80 Å². The molecule has 0 aliphatic carbocycles. The zero-order valence-electron chi connectivity index (χ0n) is 15.7. The number of nitrogens with zero attached hydrogens (tertiary/aromatic N) is 5. The maximum absolute atomic E-state index is 12.3. The summed E-state index contributed by atoms with van der Waals surface area (Å²) in [4.78, 5) is 27.2. The number of rotatable bonds is 7. The number of nitrogens with one attached hydrogen (secondary N) is 1. The second-order valence-electron chi connectivity index (χ2n) is 6.59. The first-order chi connectivity index (χ1) is 14.2. The van der Waals surface area contributed by atoms with Crippen LogP contribution >= 0.6 is 0 Å². The van der Waals surface area contributed by atoms with E-state index in [0.717, 1.165) is 12.1 Å². The number of hydrogen-bond acceptors (Lipinski definition) is 6. The summed E-state index contributed by atoms with van der Waals surface area (Å²) >= 11 is 0.